The van der Waals surface area contributed by atoms with Gasteiger partial charge >= 0.3 is 29.6 Å². The van der Waals surface area contributed by atoms with Crippen molar-refractivity contribution in [2.24, 2.45) is 0 Å². The summed E-state index contributed by atoms with van der Waals surface area (Å²) in [5.41, 5.74) is 0. The number of rotatable bonds is 5. The zero-order chi connectivity index (χ0) is 9.45. The van der Waals surface area contributed by atoms with Crippen LogP contribution in [0.3, 0.4) is 0 Å². The Morgan fingerprint density at radius 2 is 2.00 bits per heavy atom. The maximum Gasteiger partial charge on any atom is 1.00 e. The van der Waals surface area contributed by atoms with Crippen molar-refractivity contribution in [3.05, 3.63) is 24.5 Å². The molecule has 0 saturated carbocycles. The molecule has 0 spiro atoms. The molecule has 0 unspecified atom stereocenters. The Kier molecular flexibility index (Phi) is 10.6. The molecule has 70 valence electrons. The molecule has 0 aromatic heterocycles. The number of allylic oxidation sites excluding steroid dienone is 3. The van der Waals surface area contributed by atoms with E-state index in [1.807, 2.05) is 13.0 Å². The molecular formula is C7H11NaO4S. The summed E-state index contributed by atoms with van der Waals surface area (Å²) in [6.45, 7) is 2.02. The van der Waals surface area contributed by atoms with Crippen LogP contribution in [-0.4, -0.2) is 13.0 Å². The van der Waals surface area contributed by atoms with Crippen molar-refractivity contribution in [2.45, 2.75) is 19.8 Å². The fourth-order valence-corrected chi connectivity index (χ4v) is 0.687. The molecule has 0 heterocycles. The van der Waals surface area contributed by atoms with E-state index in [0.717, 1.165) is 19.1 Å². The average molecular weight is 214 g/mol. The van der Waals surface area contributed by atoms with Crippen LogP contribution in [0.25, 0.3) is 0 Å². The molecule has 13 heavy (non-hydrogen) atoms. The van der Waals surface area contributed by atoms with Gasteiger partial charge in [-0.25, -0.2) is 8.42 Å². The molecule has 0 amide bonds. The summed E-state index contributed by atoms with van der Waals surface area (Å²) in [5, 5.41) is 0. The van der Waals surface area contributed by atoms with Crippen molar-refractivity contribution in [3.8, 4) is 0 Å². The van der Waals surface area contributed by atoms with E-state index in [4.69, 9.17) is 0 Å². The maximum atomic E-state index is 9.87. The van der Waals surface area contributed by atoms with E-state index in [1.54, 1.807) is 6.08 Å². The largest absolute Gasteiger partial charge is 1.00 e. The first-order valence-electron chi connectivity index (χ1n) is 3.52. The molecule has 0 aliphatic carbocycles. The minimum absolute atomic E-state index is 0. The molecule has 0 aliphatic heterocycles. The molecule has 0 radical (unpaired) electrons. The van der Waals surface area contributed by atoms with Gasteiger partial charge in [-0.3, -0.25) is 0 Å². The van der Waals surface area contributed by atoms with Crippen molar-refractivity contribution in [1.82, 2.24) is 0 Å². The van der Waals surface area contributed by atoms with Crippen LogP contribution < -0.4 is 29.6 Å². The molecule has 0 aliphatic rings. The van der Waals surface area contributed by atoms with Crippen LogP contribution in [0.4, 0.5) is 0 Å². The molecule has 0 rings (SSSR count). The predicted molar refractivity (Wildman–Crippen MR) is 44.0 cm³/mol. The van der Waals surface area contributed by atoms with Gasteiger partial charge in [0.05, 0.1) is 0 Å². The summed E-state index contributed by atoms with van der Waals surface area (Å²) < 4.78 is 33.4. The van der Waals surface area contributed by atoms with Crippen LogP contribution in [0, 0.1) is 0 Å². The number of unbranched alkanes of at least 4 members (excludes halogenated alkanes) is 1. The first kappa shape index (κ1) is 15.7. The van der Waals surface area contributed by atoms with Crippen molar-refractivity contribution in [2.75, 3.05) is 0 Å². The Morgan fingerprint density at radius 3 is 2.46 bits per heavy atom. The van der Waals surface area contributed by atoms with Crippen molar-refractivity contribution in [1.29, 1.82) is 0 Å². The van der Waals surface area contributed by atoms with E-state index in [2.05, 4.69) is 4.18 Å². The Labute approximate surface area is 101 Å². The van der Waals surface area contributed by atoms with Gasteiger partial charge in [0.1, 0.15) is 6.26 Å². The van der Waals surface area contributed by atoms with Crippen LogP contribution in [0.5, 0.6) is 0 Å². The van der Waals surface area contributed by atoms with Gasteiger partial charge in [-0.1, -0.05) is 25.5 Å². The Hall–Kier alpha value is 0.190. The molecule has 0 N–H and O–H groups in total. The minimum Gasteiger partial charge on any atom is -0.716 e. The third-order valence-electron chi connectivity index (χ3n) is 0.955. The van der Waals surface area contributed by atoms with Crippen LogP contribution in [0.2, 0.25) is 0 Å². The van der Waals surface area contributed by atoms with Crippen LogP contribution in [0.1, 0.15) is 19.8 Å². The number of hydrogen-bond acceptors (Lipinski definition) is 4. The van der Waals surface area contributed by atoms with E-state index in [0.29, 0.717) is 0 Å². The third kappa shape index (κ3) is 15.0. The topological polar surface area (TPSA) is 66.4 Å². The van der Waals surface area contributed by atoms with Gasteiger partial charge in [0.2, 0.25) is 0 Å². The van der Waals surface area contributed by atoms with Gasteiger partial charge in [-0.2, -0.15) is 0 Å². The normalized spacial score (nSPS) is 11.8. The average Bonchev–Trinajstić information content (AvgIpc) is 1.94. The second-order valence-electron chi connectivity index (χ2n) is 2.05. The van der Waals surface area contributed by atoms with Crippen molar-refractivity contribution in [3.63, 3.8) is 0 Å². The minimum atomic E-state index is -4.59. The monoisotopic (exact) mass is 214 g/mol. The standard InChI is InChI=1S/C7H12O4S.Na/c1-2-3-4-5-6-7-11-12(8,9)10;/h4-7H,2-3H2,1H3,(H,8,9,10);/q;+1/p-1. The quantitative estimate of drug-likeness (QED) is 0.180. The van der Waals surface area contributed by atoms with Crippen molar-refractivity contribution >= 4 is 10.4 Å². The molecule has 6 heteroatoms. The molecule has 0 atom stereocenters. The molecule has 0 saturated heterocycles. The smallest absolute Gasteiger partial charge is 0.716 e. The van der Waals surface area contributed by atoms with Crippen LogP contribution >= 0.6 is 0 Å². The molecule has 0 fully saturated rings. The molecule has 4 nitrogen and oxygen atoms in total. The third-order valence-corrected chi connectivity index (χ3v) is 1.30. The summed E-state index contributed by atoms with van der Waals surface area (Å²) in [7, 11) is -4.59. The van der Waals surface area contributed by atoms with Crippen molar-refractivity contribution < 1.29 is 46.7 Å². The fraction of sp³-hybridized carbons (Fsp3) is 0.429. The SMILES string of the molecule is CCCC=CC=COS(=O)(=O)[O-].[Na+]. The zero-order valence-corrected chi connectivity index (χ0v) is 10.6. The van der Waals surface area contributed by atoms with E-state index in [1.165, 1.54) is 6.08 Å². The predicted octanol–water partition coefficient (Wildman–Crippen LogP) is -1.66. The van der Waals surface area contributed by atoms with E-state index in [-0.39, 0.29) is 29.6 Å². The van der Waals surface area contributed by atoms with Crippen LogP contribution in [0.15, 0.2) is 24.5 Å². The molecule has 0 bridgehead atoms. The number of hydrogen-bond donors (Lipinski definition) is 0. The van der Waals surface area contributed by atoms with Gasteiger partial charge in [0.15, 0.2) is 0 Å². The summed E-state index contributed by atoms with van der Waals surface area (Å²) in [6, 6.07) is 0. The molecule has 0 aromatic carbocycles. The van der Waals surface area contributed by atoms with E-state index < -0.39 is 10.4 Å². The second-order valence-corrected chi connectivity index (χ2v) is 3.06. The Bertz CT molecular complexity index is 256. The van der Waals surface area contributed by atoms with Gasteiger partial charge in [0.25, 0.3) is 10.4 Å². The van der Waals surface area contributed by atoms with Gasteiger partial charge < -0.3 is 8.74 Å². The first-order valence-corrected chi connectivity index (χ1v) is 4.85. The molecule has 0 aromatic rings. The first-order chi connectivity index (χ1) is 5.56. The summed E-state index contributed by atoms with van der Waals surface area (Å²) >= 11 is 0. The van der Waals surface area contributed by atoms with Gasteiger partial charge in [-0.15, -0.1) is 0 Å². The summed E-state index contributed by atoms with van der Waals surface area (Å²) in [6.07, 6.45) is 7.59. The Balaban J connectivity index is 0. The summed E-state index contributed by atoms with van der Waals surface area (Å²) in [4.78, 5) is 0. The second kappa shape index (κ2) is 8.77. The maximum absolute atomic E-state index is 9.87. The summed E-state index contributed by atoms with van der Waals surface area (Å²) in [5.74, 6) is 0. The van der Waals surface area contributed by atoms with Crippen LogP contribution in [-0.2, 0) is 14.6 Å². The van der Waals surface area contributed by atoms with E-state index in [9.17, 15) is 13.0 Å². The van der Waals surface area contributed by atoms with Gasteiger partial charge in [-0.05, 0) is 12.5 Å². The Morgan fingerprint density at radius 1 is 1.38 bits per heavy atom. The van der Waals surface area contributed by atoms with Gasteiger partial charge in [0, 0.05) is 0 Å². The fourth-order valence-electron chi connectivity index (χ4n) is 0.487. The molecular weight excluding hydrogens is 203 g/mol. The zero-order valence-electron chi connectivity index (χ0n) is 7.76. The van der Waals surface area contributed by atoms with E-state index >= 15 is 0 Å².